The number of rotatable bonds is 5. The number of thiophene rings is 1. The van der Waals surface area contributed by atoms with Crippen molar-refractivity contribution in [2.75, 3.05) is 46.4 Å². The van der Waals surface area contributed by atoms with E-state index in [2.05, 4.69) is 47.5 Å². The third-order valence-electron chi connectivity index (χ3n) is 7.12. The van der Waals surface area contributed by atoms with Crippen LogP contribution in [-0.4, -0.2) is 72.9 Å². The molecule has 0 saturated carbocycles. The van der Waals surface area contributed by atoms with Crippen molar-refractivity contribution in [2.45, 2.75) is 19.4 Å². The Balaban J connectivity index is 1.25. The minimum absolute atomic E-state index is 0.0170. The fraction of sp³-hybridized carbons (Fsp3) is 0.357. The Morgan fingerprint density at radius 1 is 0.943 bits per heavy atom. The summed E-state index contributed by atoms with van der Waals surface area (Å²) < 4.78 is 5.25. The van der Waals surface area contributed by atoms with Crippen LogP contribution < -0.4 is 4.74 Å². The number of piperazine rings is 1. The Labute approximate surface area is 210 Å². The molecule has 2 aromatic carbocycles. The first-order chi connectivity index (χ1) is 17.0. The molecule has 2 aliphatic heterocycles. The number of fused-ring (bicyclic) bond motifs is 1. The van der Waals surface area contributed by atoms with Crippen LogP contribution in [0.25, 0.3) is 0 Å². The number of hydrogen-bond acceptors (Lipinski definition) is 5. The first-order valence-corrected chi connectivity index (χ1v) is 13.0. The predicted octanol–water partition coefficient (Wildman–Crippen LogP) is 4.00. The molecule has 0 N–H and O–H groups in total. The highest BCUT2D eigenvalue weighted by Gasteiger charge is 2.33. The second kappa shape index (κ2) is 10.2. The summed E-state index contributed by atoms with van der Waals surface area (Å²) in [6.45, 7) is 5.59. The van der Waals surface area contributed by atoms with E-state index in [-0.39, 0.29) is 17.9 Å². The van der Waals surface area contributed by atoms with Crippen LogP contribution in [0.5, 0.6) is 5.75 Å². The van der Waals surface area contributed by atoms with Gasteiger partial charge in [-0.2, -0.15) is 0 Å². The van der Waals surface area contributed by atoms with Gasteiger partial charge in [0, 0.05) is 43.2 Å². The number of benzene rings is 2. The van der Waals surface area contributed by atoms with E-state index in [1.54, 1.807) is 13.2 Å². The Hall–Kier alpha value is -3.16. The zero-order chi connectivity index (χ0) is 24.4. The van der Waals surface area contributed by atoms with E-state index in [1.165, 1.54) is 21.6 Å². The van der Waals surface area contributed by atoms with Crippen LogP contribution in [0, 0.1) is 6.92 Å². The summed E-state index contributed by atoms with van der Waals surface area (Å²) in [5.41, 5.74) is 4.47. The van der Waals surface area contributed by atoms with Gasteiger partial charge in [-0.3, -0.25) is 14.5 Å². The van der Waals surface area contributed by atoms with Crippen molar-refractivity contribution >= 4 is 23.2 Å². The molecule has 0 radical (unpaired) electrons. The van der Waals surface area contributed by atoms with Crippen molar-refractivity contribution in [1.29, 1.82) is 0 Å². The molecule has 3 heterocycles. The Morgan fingerprint density at radius 3 is 2.49 bits per heavy atom. The molecule has 0 aliphatic carbocycles. The zero-order valence-electron chi connectivity index (χ0n) is 20.3. The van der Waals surface area contributed by atoms with E-state index in [0.717, 1.165) is 13.0 Å². The van der Waals surface area contributed by atoms with Gasteiger partial charge in [-0.1, -0.05) is 30.3 Å². The monoisotopic (exact) mass is 489 g/mol. The molecule has 0 spiro atoms. The number of amides is 2. The van der Waals surface area contributed by atoms with Crippen molar-refractivity contribution in [3.05, 3.63) is 87.1 Å². The molecule has 2 aliphatic rings. The molecule has 5 rings (SSSR count). The topological polar surface area (TPSA) is 53.1 Å². The number of hydrogen-bond donors (Lipinski definition) is 0. The van der Waals surface area contributed by atoms with Gasteiger partial charge in [0.05, 0.1) is 19.7 Å². The number of carbonyl (C=O) groups excluding carboxylic acids is 2. The second-order valence-corrected chi connectivity index (χ2v) is 10.2. The number of ether oxygens (including phenoxy) is 1. The summed E-state index contributed by atoms with van der Waals surface area (Å²) >= 11 is 1.81. The van der Waals surface area contributed by atoms with Crippen LogP contribution in [0.1, 0.15) is 38.0 Å². The largest absolute Gasteiger partial charge is 0.497 e. The van der Waals surface area contributed by atoms with E-state index >= 15 is 0 Å². The highest BCUT2D eigenvalue weighted by molar-refractivity contribution is 7.10. The highest BCUT2D eigenvalue weighted by Crippen LogP contribution is 2.38. The smallest absolute Gasteiger partial charge is 0.254 e. The van der Waals surface area contributed by atoms with Gasteiger partial charge in [-0.15, -0.1) is 11.3 Å². The fourth-order valence-electron chi connectivity index (χ4n) is 5.17. The molecule has 182 valence electrons. The van der Waals surface area contributed by atoms with Crippen LogP contribution in [0.2, 0.25) is 0 Å². The molecule has 1 fully saturated rings. The Bertz CT molecular complexity index is 1220. The van der Waals surface area contributed by atoms with E-state index in [0.29, 0.717) is 44.0 Å². The quantitative estimate of drug-likeness (QED) is 0.544. The van der Waals surface area contributed by atoms with E-state index in [4.69, 9.17) is 4.74 Å². The number of carbonyl (C=O) groups is 2. The second-order valence-electron chi connectivity index (χ2n) is 9.18. The maximum absolute atomic E-state index is 13.4. The minimum atomic E-state index is -0.0170. The van der Waals surface area contributed by atoms with E-state index < -0.39 is 0 Å². The van der Waals surface area contributed by atoms with Crippen molar-refractivity contribution in [3.63, 3.8) is 0 Å². The van der Waals surface area contributed by atoms with Crippen molar-refractivity contribution in [2.24, 2.45) is 0 Å². The average Bonchev–Trinajstić information content (AvgIpc) is 3.38. The fourth-order valence-corrected chi connectivity index (χ4v) is 6.07. The maximum atomic E-state index is 13.4. The number of aryl methyl sites for hydroxylation is 1. The molecule has 7 heteroatoms. The standard InChI is InChI=1S/C28H31N3O3S/c1-20-6-3-4-9-23(20)27-24-11-17-35-25(24)10-12-31(27)19-26(32)29-13-15-30(16-14-29)28(33)21-7-5-8-22(18-21)34-2/h3-9,11,17-18,27H,10,12-16,19H2,1-2H3/t27-/m0/s1. The van der Waals surface area contributed by atoms with Gasteiger partial charge < -0.3 is 14.5 Å². The SMILES string of the molecule is COc1cccc(C(=O)N2CCN(C(=O)CN3CCc4sccc4[C@@H]3c3ccccc3C)CC2)c1. The summed E-state index contributed by atoms with van der Waals surface area (Å²) in [5.74, 6) is 0.788. The van der Waals surface area contributed by atoms with Crippen molar-refractivity contribution < 1.29 is 14.3 Å². The lowest BCUT2D eigenvalue weighted by Crippen LogP contribution is -2.53. The summed E-state index contributed by atoms with van der Waals surface area (Å²) in [4.78, 5) is 33.8. The van der Waals surface area contributed by atoms with E-state index in [9.17, 15) is 9.59 Å². The minimum Gasteiger partial charge on any atom is -0.497 e. The molecular formula is C28H31N3O3S. The van der Waals surface area contributed by atoms with Crippen LogP contribution in [0.4, 0.5) is 0 Å². The van der Waals surface area contributed by atoms with Crippen LogP contribution >= 0.6 is 11.3 Å². The summed E-state index contributed by atoms with van der Waals surface area (Å²) in [6, 6.07) is 18.0. The Morgan fingerprint density at radius 2 is 1.71 bits per heavy atom. The van der Waals surface area contributed by atoms with Gasteiger partial charge >= 0.3 is 0 Å². The van der Waals surface area contributed by atoms with Crippen LogP contribution in [0.3, 0.4) is 0 Å². The van der Waals surface area contributed by atoms with Gasteiger partial charge in [0.25, 0.3) is 5.91 Å². The molecule has 6 nitrogen and oxygen atoms in total. The van der Waals surface area contributed by atoms with Gasteiger partial charge in [-0.25, -0.2) is 0 Å². The lowest BCUT2D eigenvalue weighted by molar-refractivity contribution is -0.134. The van der Waals surface area contributed by atoms with Gasteiger partial charge in [-0.05, 0) is 59.7 Å². The Kier molecular flexibility index (Phi) is 6.88. The molecule has 1 atom stereocenters. The zero-order valence-corrected chi connectivity index (χ0v) is 21.1. The number of nitrogens with zero attached hydrogens (tertiary/aromatic N) is 3. The molecule has 1 saturated heterocycles. The average molecular weight is 490 g/mol. The molecule has 1 aromatic heterocycles. The van der Waals surface area contributed by atoms with Crippen LogP contribution in [0.15, 0.2) is 60.0 Å². The molecule has 3 aromatic rings. The van der Waals surface area contributed by atoms with Crippen molar-refractivity contribution in [1.82, 2.24) is 14.7 Å². The normalized spacial score (nSPS) is 18.3. The summed E-state index contributed by atoms with van der Waals surface area (Å²) in [6.07, 6.45) is 0.978. The van der Waals surface area contributed by atoms with Crippen molar-refractivity contribution in [3.8, 4) is 5.75 Å². The molecule has 0 unspecified atom stereocenters. The number of methoxy groups -OCH3 is 1. The first-order valence-electron chi connectivity index (χ1n) is 12.1. The third-order valence-corrected chi connectivity index (χ3v) is 8.12. The molecule has 2 amide bonds. The third kappa shape index (κ3) is 4.83. The summed E-state index contributed by atoms with van der Waals surface area (Å²) in [7, 11) is 1.60. The van der Waals surface area contributed by atoms with Gasteiger partial charge in [0.1, 0.15) is 5.75 Å². The molecule has 35 heavy (non-hydrogen) atoms. The summed E-state index contributed by atoms with van der Waals surface area (Å²) in [5, 5.41) is 2.17. The first kappa shape index (κ1) is 23.6. The molecular weight excluding hydrogens is 458 g/mol. The maximum Gasteiger partial charge on any atom is 0.254 e. The van der Waals surface area contributed by atoms with Gasteiger partial charge in [0.2, 0.25) is 5.91 Å². The molecule has 0 bridgehead atoms. The van der Waals surface area contributed by atoms with Crippen LogP contribution in [-0.2, 0) is 11.2 Å². The predicted molar refractivity (Wildman–Crippen MR) is 138 cm³/mol. The highest BCUT2D eigenvalue weighted by atomic mass is 32.1. The van der Waals surface area contributed by atoms with Gasteiger partial charge in [0.15, 0.2) is 0 Å². The lowest BCUT2D eigenvalue weighted by atomic mass is 9.90. The lowest BCUT2D eigenvalue weighted by Gasteiger charge is -2.39. The van der Waals surface area contributed by atoms with E-state index in [1.807, 2.05) is 39.3 Å².